The number of carbonyl (C=O) groups excluding carboxylic acids is 1. The fourth-order valence-corrected chi connectivity index (χ4v) is 4.29. The maximum atomic E-state index is 11.9. The first-order valence-corrected chi connectivity index (χ1v) is 8.44. The van der Waals surface area contributed by atoms with Gasteiger partial charge in [-0.15, -0.1) is 11.3 Å². The number of nitrogens with two attached hydrogens (primary N) is 1. The van der Waals surface area contributed by atoms with E-state index in [1.807, 2.05) is 0 Å². The molecule has 0 bridgehead atoms. The fraction of sp³-hybridized carbons (Fsp3) is 0.417. The summed E-state index contributed by atoms with van der Waals surface area (Å²) in [6.07, 6.45) is 0.485. The predicted molar refractivity (Wildman–Crippen MR) is 74.8 cm³/mol. The van der Waals surface area contributed by atoms with Crippen molar-refractivity contribution in [1.82, 2.24) is 5.32 Å². The third kappa shape index (κ3) is 3.80. The number of thiophene rings is 1. The Kier molecular flexibility index (Phi) is 4.24. The number of hydrogen-bond donors (Lipinski definition) is 2. The summed E-state index contributed by atoms with van der Waals surface area (Å²) in [4.78, 5) is 13.2. The van der Waals surface area contributed by atoms with E-state index in [1.54, 1.807) is 12.1 Å². The molecule has 1 aromatic heterocycles. The van der Waals surface area contributed by atoms with Gasteiger partial charge >= 0.3 is 0 Å². The number of nitrogens with one attached hydrogen (secondary N) is 1. The van der Waals surface area contributed by atoms with Gasteiger partial charge in [0.2, 0.25) is 0 Å². The van der Waals surface area contributed by atoms with Gasteiger partial charge in [-0.1, -0.05) is 11.8 Å². The minimum atomic E-state index is -2.98. The van der Waals surface area contributed by atoms with Crippen molar-refractivity contribution >= 4 is 27.1 Å². The average molecular weight is 298 g/mol. The second-order valence-corrected chi connectivity index (χ2v) is 7.56. The van der Waals surface area contributed by atoms with Crippen LogP contribution < -0.4 is 11.1 Å². The number of hydrogen-bond acceptors (Lipinski definition) is 5. The molecule has 1 aliphatic heterocycles. The number of sulfone groups is 1. The summed E-state index contributed by atoms with van der Waals surface area (Å²) < 4.78 is 22.6. The lowest BCUT2D eigenvalue weighted by Crippen LogP contribution is -2.35. The molecule has 1 fully saturated rings. The highest BCUT2D eigenvalue weighted by Gasteiger charge is 2.29. The maximum absolute atomic E-state index is 11.9. The summed E-state index contributed by atoms with van der Waals surface area (Å²) >= 11 is 1.27. The fourth-order valence-electron chi connectivity index (χ4n) is 1.83. The zero-order valence-electron chi connectivity index (χ0n) is 10.2. The van der Waals surface area contributed by atoms with E-state index in [2.05, 4.69) is 17.2 Å². The van der Waals surface area contributed by atoms with Gasteiger partial charge in [0.1, 0.15) is 0 Å². The molecule has 1 aromatic rings. The Morgan fingerprint density at radius 3 is 2.95 bits per heavy atom. The Morgan fingerprint density at radius 2 is 2.32 bits per heavy atom. The van der Waals surface area contributed by atoms with E-state index < -0.39 is 9.84 Å². The van der Waals surface area contributed by atoms with Gasteiger partial charge in [0, 0.05) is 6.04 Å². The molecule has 7 heteroatoms. The zero-order chi connectivity index (χ0) is 13.9. The topological polar surface area (TPSA) is 89.3 Å². The van der Waals surface area contributed by atoms with E-state index in [0.29, 0.717) is 11.3 Å². The molecule has 2 rings (SSSR count). The predicted octanol–water partition coefficient (Wildman–Crippen LogP) is -0.0248. The quantitative estimate of drug-likeness (QED) is 0.751. The van der Waals surface area contributed by atoms with Gasteiger partial charge in [0.05, 0.1) is 27.8 Å². The molecule has 5 nitrogen and oxygen atoms in total. The zero-order valence-corrected chi connectivity index (χ0v) is 11.8. The van der Waals surface area contributed by atoms with E-state index in [9.17, 15) is 13.2 Å². The summed E-state index contributed by atoms with van der Waals surface area (Å²) in [7, 11) is -2.98. The van der Waals surface area contributed by atoms with Gasteiger partial charge in [-0.3, -0.25) is 4.79 Å². The number of amides is 1. The van der Waals surface area contributed by atoms with Gasteiger partial charge in [-0.25, -0.2) is 8.42 Å². The Morgan fingerprint density at radius 1 is 1.53 bits per heavy atom. The van der Waals surface area contributed by atoms with Crippen LogP contribution in [0.3, 0.4) is 0 Å². The maximum Gasteiger partial charge on any atom is 0.261 e. The normalized spacial score (nSPS) is 20.6. The molecule has 0 spiro atoms. The van der Waals surface area contributed by atoms with E-state index in [1.165, 1.54) is 11.3 Å². The van der Waals surface area contributed by atoms with Crippen molar-refractivity contribution in [2.24, 2.45) is 5.73 Å². The molecule has 0 saturated carbocycles. The van der Waals surface area contributed by atoms with Crippen LogP contribution in [0, 0.1) is 11.8 Å². The van der Waals surface area contributed by atoms with Gasteiger partial charge < -0.3 is 11.1 Å². The Bertz CT molecular complexity index is 637. The lowest BCUT2D eigenvalue weighted by molar-refractivity contribution is 0.0945. The molecule has 1 saturated heterocycles. The van der Waals surface area contributed by atoms with Crippen molar-refractivity contribution < 1.29 is 13.2 Å². The second-order valence-electron chi connectivity index (χ2n) is 4.24. The SMILES string of the molecule is NCC#Cc1ccc(C(=O)NC2CCS(=O)(=O)C2)s1. The van der Waals surface area contributed by atoms with E-state index in [4.69, 9.17) is 5.73 Å². The van der Waals surface area contributed by atoms with Crippen molar-refractivity contribution in [2.75, 3.05) is 18.1 Å². The summed E-state index contributed by atoms with van der Waals surface area (Å²) in [5.41, 5.74) is 5.27. The molecule has 0 radical (unpaired) electrons. The number of carbonyl (C=O) groups is 1. The molecule has 19 heavy (non-hydrogen) atoms. The molecule has 0 aliphatic carbocycles. The van der Waals surface area contributed by atoms with Crippen LogP contribution >= 0.6 is 11.3 Å². The highest BCUT2D eigenvalue weighted by Crippen LogP contribution is 2.17. The van der Waals surface area contributed by atoms with Gasteiger partial charge in [0.25, 0.3) is 5.91 Å². The van der Waals surface area contributed by atoms with Crippen molar-refractivity contribution in [1.29, 1.82) is 0 Å². The summed E-state index contributed by atoms with van der Waals surface area (Å²) in [5.74, 6) is 5.51. The highest BCUT2D eigenvalue weighted by atomic mass is 32.2. The van der Waals surface area contributed by atoms with Crippen molar-refractivity contribution in [3.05, 3.63) is 21.9 Å². The molecule has 1 aliphatic rings. The highest BCUT2D eigenvalue weighted by molar-refractivity contribution is 7.91. The molecular weight excluding hydrogens is 284 g/mol. The largest absolute Gasteiger partial charge is 0.348 e. The molecule has 2 heterocycles. The standard InChI is InChI=1S/C12H14N2O3S2/c13-6-1-2-10-3-4-11(18-10)12(15)14-9-5-7-19(16,17)8-9/h3-4,9H,5-8,13H2,(H,14,15). The molecule has 1 amide bonds. The number of rotatable bonds is 2. The lowest BCUT2D eigenvalue weighted by atomic mass is 10.2. The second kappa shape index (κ2) is 5.74. The van der Waals surface area contributed by atoms with Crippen LogP contribution in [-0.2, 0) is 9.84 Å². The molecule has 1 atom stereocenters. The first-order chi connectivity index (χ1) is 9.00. The van der Waals surface area contributed by atoms with E-state index in [0.717, 1.165) is 4.88 Å². The van der Waals surface area contributed by atoms with Crippen LogP contribution in [-0.4, -0.2) is 38.4 Å². The third-order valence-corrected chi connectivity index (χ3v) is 5.48. The van der Waals surface area contributed by atoms with Gasteiger partial charge in [0.15, 0.2) is 9.84 Å². The monoisotopic (exact) mass is 298 g/mol. The van der Waals surface area contributed by atoms with Crippen LogP contribution in [0.25, 0.3) is 0 Å². The van der Waals surface area contributed by atoms with E-state index >= 15 is 0 Å². The molecule has 3 N–H and O–H groups in total. The summed E-state index contributed by atoms with van der Waals surface area (Å²) in [5, 5.41) is 2.74. The van der Waals surface area contributed by atoms with Gasteiger partial charge in [-0.2, -0.15) is 0 Å². The molecule has 1 unspecified atom stereocenters. The van der Waals surface area contributed by atoms with Crippen LogP contribution in [0.5, 0.6) is 0 Å². The van der Waals surface area contributed by atoms with Gasteiger partial charge in [-0.05, 0) is 18.6 Å². The summed E-state index contributed by atoms with van der Waals surface area (Å²) in [6, 6.07) is 3.16. The Hall–Kier alpha value is -1.36. The molecular formula is C12H14N2O3S2. The smallest absolute Gasteiger partial charge is 0.261 e. The first kappa shape index (κ1) is 14.1. The van der Waals surface area contributed by atoms with Crippen LogP contribution in [0.15, 0.2) is 12.1 Å². The molecule has 102 valence electrons. The van der Waals surface area contributed by atoms with Crippen LogP contribution in [0.1, 0.15) is 21.0 Å². The van der Waals surface area contributed by atoms with Crippen molar-refractivity contribution in [2.45, 2.75) is 12.5 Å². The minimum absolute atomic E-state index is 0.0317. The average Bonchev–Trinajstić information content (AvgIpc) is 2.93. The van der Waals surface area contributed by atoms with E-state index in [-0.39, 0.29) is 30.0 Å². The van der Waals surface area contributed by atoms with Crippen molar-refractivity contribution in [3.8, 4) is 11.8 Å². The third-order valence-electron chi connectivity index (χ3n) is 2.71. The molecule has 0 aromatic carbocycles. The van der Waals surface area contributed by atoms with Crippen molar-refractivity contribution in [3.63, 3.8) is 0 Å². The minimum Gasteiger partial charge on any atom is -0.348 e. The Labute approximate surface area is 116 Å². The lowest BCUT2D eigenvalue weighted by Gasteiger charge is -2.08. The first-order valence-electron chi connectivity index (χ1n) is 5.80. The van der Waals surface area contributed by atoms with Crippen LogP contribution in [0.4, 0.5) is 0 Å². The summed E-state index contributed by atoms with van der Waals surface area (Å²) in [6.45, 7) is 0.277. The van der Waals surface area contributed by atoms with Crippen LogP contribution in [0.2, 0.25) is 0 Å². The Balaban J connectivity index is 1.99.